The Balaban J connectivity index is 1.56. The Morgan fingerprint density at radius 2 is 2.12 bits per heavy atom. The molecule has 2 aromatic heterocycles. The predicted octanol–water partition coefficient (Wildman–Crippen LogP) is 4.36. The molecule has 0 saturated heterocycles. The first kappa shape index (κ1) is 18.3. The first-order chi connectivity index (χ1) is 12.4. The van der Waals surface area contributed by atoms with Crippen LogP contribution in [0.1, 0.15) is 39.4 Å². The van der Waals surface area contributed by atoms with Gasteiger partial charge >= 0.3 is 0 Å². The normalized spacial score (nSPS) is 10.9. The van der Waals surface area contributed by atoms with Crippen molar-refractivity contribution in [2.24, 2.45) is 0 Å². The molecule has 5 nitrogen and oxygen atoms in total. The molecule has 26 heavy (non-hydrogen) atoms. The Hall–Kier alpha value is -2.54. The van der Waals surface area contributed by atoms with Gasteiger partial charge in [0.1, 0.15) is 11.6 Å². The fourth-order valence-corrected chi connectivity index (χ4v) is 3.54. The van der Waals surface area contributed by atoms with Crippen LogP contribution in [0.2, 0.25) is 0 Å². The maximum Gasteiger partial charge on any atom is 0.226 e. The van der Waals surface area contributed by atoms with E-state index in [1.165, 1.54) is 17.4 Å². The number of anilines is 1. The van der Waals surface area contributed by atoms with Crippen LogP contribution < -0.4 is 5.32 Å². The van der Waals surface area contributed by atoms with Gasteiger partial charge in [-0.15, -0.1) is 11.3 Å². The monoisotopic (exact) mass is 373 g/mol. The van der Waals surface area contributed by atoms with Gasteiger partial charge in [0.25, 0.3) is 0 Å². The maximum absolute atomic E-state index is 13.6. The number of halogens is 1. The zero-order valence-corrected chi connectivity index (χ0v) is 15.7. The quantitative estimate of drug-likeness (QED) is 0.697. The number of nitrogens with one attached hydrogen (secondary N) is 1. The molecule has 0 saturated carbocycles. The molecule has 3 rings (SSSR count). The van der Waals surface area contributed by atoms with Crippen molar-refractivity contribution in [3.63, 3.8) is 0 Å². The lowest BCUT2D eigenvalue weighted by Crippen LogP contribution is -2.12. The van der Waals surface area contributed by atoms with Crippen LogP contribution in [-0.4, -0.2) is 16.0 Å². The van der Waals surface area contributed by atoms with E-state index in [1.807, 2.05) is 19.9 Å². The third-order valence-corrected chi connectivity index (χ3v) is 5.11. The van der Waals surface area contributed by atoms with Gasteiger partial charge in [0, 0.05) is 29.5 Å². The van der Waals surface area contributed by atoms with Crippen molar-refractivity contribution in [2.75, 3.05) is 5.32 Å². The number of carbonyl (C=O) groups is 1. The summed E-state index contributed by atoms with van der Waals surface area (Å²) < 4.78 is 18.7. The molecule has 3 aromatic rings. The molecule has 0 aliphatic carbocycles. The summed E-state index contributed by atoms with van der Waals surface area (Å²) in [4.78, 5) is 17.3. The van der Waals surface area contributed by atoms with Crippen molar-refractivity contribution < 1.29 is 13.7 Å². The Labute approximate surface area is 155 Å². The van der Waals surface area contributed by atoms with Gasteiger partial charge in [0.05, 0.1) is 5.69 Å². The third kappa shape index (κ3) is 4.35. The van der Waals surface area contributed by atoms with Gasteiger partial charge in [0.15, 0.2) is 5.13 Å². The van der Waals surface area contributed by atoms with Crippen molar-refractivity contribution in [3.8, 4) is 0 Å². The molecule has 136 valence electrons. The summed E-state index contributed by atoms with van der Waals surface area (Å²) in [6.45, 7) is 5.45. The van der Waals surface area contributed by atoms with E-state index in [0.717, 1.165) is 27.5 Å². The number of carbonyl (C=O) groups excluding carboxylic acids is 1. The summed E-state index contributed by atoms with van der Waals surface area (Å²) in [5.41, 5.74) is 3.30. The molecule has 0 radical (unpaired) electrons. The number of amides is 1. The van der Waals surface area contributed by atoms with E-state index in [9.17, 15) is 9.18 Å². The number of hydrogen-bond acceptors (Lipinski definition) is 5. The molecule has 1 amide bonds. The van der Waals surface area contributed by atoms with E-state index in [0.29, 0.717) is 30.0 Å². The predicted molar refractivity (Wildman–Crippen MR) is 99.0 cm³/mol. The van der Waals surface area contributed by atoms with Crippen LogP contribution in [0.25, 0.3) is 0 Å². The summed E-state index contributed by atoms with van der Waals surface area (Å²) in [5, 5.41) is 7.25. The van der Waals surface area contributed by atoms with E-state index < -0.39 is 0 Å². The minimum absolute atomic E-state index is 0.104. The highest BCUT2D eigenvalue weighted by atomic mass is 32.1. The van der Waals surface area contributed by atoms with Crippen molar-refractivity contribution in [1.29, 1.82) is 0 Å². The van der Waals surface area contributed by atoms with Gasteiger partial charge in [-0.25, -0.2) is 9.37 Å². The van der Waals surface area contributed by atoms with Crippen molar-refractivity contribution in [2.45, 2.75) is 40.0 Å². The number of thiazole rings is 1. The SMILES string of the molecule is Cc1ccc(Cc2cnc(NC(=O)CCc3c(C)noc3C)s2)cc1F. The molecular weight excluding hydrogens is 353 g/mol. The molecular formula is C19H20FN3O2S. The van der Waals surface area contributed by atoms with Gasteiger partial charge < -0.3 is 9.84 Å². The molecule has 0 aliphatic heterocycles. The minimum atomic E-state index is -0.208. The Bertz CT molecular complexity index is 913. The molecule has 0 unspecified atom stereocenters. The van der Waals surface area contributed by atoms with E-state index in [1.54, 1.807) is 19.2 Å². The second-order valence-electron chi connectivity index (χ2n) is 6.24. The lowest BCUT2D eigenvalue weighted by atomic mass is 10.1. The molecule has 0 aliphatic rings. The average Bonchev–Trinajstić information content (AvgIpc) is 3.16. The lowest BCUT2D eigenvalue weighted by Gasteiger charge is -2.02. The van der Waals surface area contributed by atoms with Gasteiger partial charge in [-0.3, -0.25) is 4.79 Å². The summed E-state index contributed by atoms with van der Waals surface area (Å²) >= 11 is 1.40. The molecule has 7 heteroatoms. The Morgan fingerprint density at radius 1 is 1.31 bits per heavy atom. The highest BCUT2D eigenvalue weighted by molar-refractivity contribution is 7.15. The van der Waals surface area contributed by atoms with Gasteiger partial charge in [-0.2, -0.15) is 0 Å². The van der Waals surface area contributed by atoms with Gasteiger partial charge in [0.2, 0.25) is 5.91 Å². The van der Waals surface area contributed by atoms with E-state index in [4.69, 9.17) is 4.52 Å². The largest absolute Gasteiger partial charge is 0.361 e. The fourth-order valence-electron chi connectivity index (χ4n) is 2.67. The van der Waals surface area contributed by atoms with Crippen LogP contribution >= 0.6 is 11.3 Å². The molecule has 1 N–H and O–H groups in total. The van der Waals surface area contributed by atoms with Crippen LogP contribution in [-0.2, 0) is 17.6 Å². The van der Waals surface area contributed by atoms with Crippen molar-refractivity contribution in [1.82, 2.24) is 10.1 Å². The first-order valence-electron chi connectivity index (χ1n) is 8.33. The minimum Gasteiger partial charge on any atom is -0.361 e. The highest BCUT2D eigenvalue weighted by Crippen LogP contribution is 2.22. The van der Waals surface area contributed by atoms with Gasteiger partial charge in [-0.05, 0) is 44.4 Å². The first-order valence-corrected chi connectivity index (χ1v) is 9.15. The molecule has 2 heterocycles. The number of nitrogens with zero attached hydrogens (tertiary/aromatic N) is 2. The lowest BCUT2D eigenvalue weighted by molar-refractivity contribution is -0.116. The molecule has 0 atom stereocenters. The summed E-state index contributed by atoms with van der Waals surface area (Å²) in [5.74, 6) is 0.435. The van der Waals surface area contributed by atoms with Crippen LogP contribution in [0.5, 0.6) is 0 Å². The second kappa shape index (κ2) is 7.78. The summed E-state index contributed by atoms with van der Waals surface area (Å²) in [6.07, 6.45) is 3.21. The summed E-state index contributed by atoms with van der Waals surface area (Å²) in [6, 6.07) is 5.21. The van der Waals surface area contributed by atoms with Crippen LogP contribution in [0.15, 0.2) is 28.9 Å². The van der Waals surface area contributed by atoms with Crippen molar-refractivity contribution in [3.05, 3.63) is 63.2 Å². The summed E-state index contributed by atoms with van der Waals surface area (Å²) in [7, 11) is 0. The topological polar surface area (TPSA) is 68.0 Å². The average molecular weight is 373 g/mol. The number of aryl methyl sites for hydroxylation is 3. The maximum atomic E-state index is 13.6. The Kier molecular flexibility index (Phi) is 5.46. The number of benzene rings is 1. The molecule has 0 fully saturated rings. The molecule has 0 spiro atoms. The van der Waals surface area contributed by atoms with Gasteiger partial charge in [-0.1, -0.05) is 17.3 Å². The number of hydrogen-bond donors (Lipinski definition) is 1. The van der Waals surface area contributed by atoms with Crippen molar-refractivity contribution >= 4 is 22.4 Å². The number of aromatic nitrogens is 2. The fraction of sp³-hybridized carbons (Fsp3) is 0.316. The van der Waals surface area contributed by atoms with E-state index >= 15 is 0 Å². The third-order valence-electron chi connectivity index (χ3n) is 4.20. The van der Waals surface area contributed by atoms with E-state index in [2.05, 4.69) is 15.5 Å². The zero-order valence-electron chi connectivity index (χ0n) is 14.9. The van der Waals surface area contributed by atoms with E-state index in [-0.39, 0.29) is 11.7 Å². The molecule has 0 bridgehead atoms. The molecule has 1 aromatic carbocycles. The standard InChI is InChI=1S/C19H20FN3O2S/c1-11-4-5-14(9-17(11)20)8-15-10-21-19(26-15)22-18(24)7-6-16-12(2)23-25-13(16)3/h4-5,9-10H,6-8H2,1-3H3,(H,21,22,24). The van der Waals surface area contributed by atoms with Crippen LogP contribution in [0.3, 0.4) is 0 Å². The second-order valence-corrected chi connectivity index (χ2v) is 7.36. The zero-order chi connectivity index (χ0) is 18.7. The Morgan fingerprint density at radius 3 is 2.81 bits per heavy atom. The smallest absolute Gasteiger partial charge is 0.226 e. The highest BCUT2D eigenvalue weighted by Gasteiger charge is 2.12. The van der Waals surface area contributed by atoms with Crippen LogP contribution in [0.4, 0.5) is 9.52 Å². The van der Waals surface area contributed by atoms with Crippen LogP contribution in [0, 0.1) is 26.6 Å². The number of rotatable bonds is 6.